The Morgan fingerprint density at radius 2 is 2.02 bits per heavy atom. The van der Waals surface area contributed by atoms with E-state index in [0.717, 1.165) is 22.3 Å². The molecule has 0 aliphatic carbocycles. The number of rotatable bonds is 10. The molecule has 0 spiro atoms. The normalized spacial score (nSPS) is 15.5. The molecule has 1 aromatic carbocycles. The third kappa shape index (κ3) is 5.68. The van der Waals surface area contributed by atoms with E-state index in [9.17, 15) is 13.2 Å². The van der Waals surface area contributed by atoms with Gasteiger partial charge in [0, 0.05) is 36.6 Å². The van der Waals surface area contributed by atoms with Gasteiger partial charge in [-0.15, -0.1) is 16.9 Å². The first-order chi connectivity index (χ1) is 21.1. The molecule has 1 fully saturated rings. The van der Waals surface area contributed by atoms with Crippen LogP contribution in [0.3, 0.4) is 0 Å². The Morgan fingerprint density at radius 1 is 1.20 bits per heavy atom. The highest BCUT2D eigenvalue weighted by molar-refractivity contribution is 7.98. The maximum atomic E-state index is 13.1. The smallest absolute Gasteiger partial charge is 0.416 e. The third-order valence-corrected chi connectivity index (χ3v) is 8.62. The number of methoxy groups -OCH3 is 1. The number of cyclic esters (lactones) is 1. The van der Waals surface area contributed by atoms with Gasteiger partial charge in [0.05, 0.1) is 48.3 Å². The van der Waals surface area contributed by atoms with E-state index in [0.29, 0.717) is 52.6 Å². The first-order valence-electron chi connectivity index (χ1n) is 13.6. The van der Waals surface area contributed by atoms with Gasteiger partial charge in [-0.05, 0) is 50.2 Å². The molecule has 16 heteroatoms. The molecule has 5 heterocycles. The van der Waals surface area contributed by atoms with E-state index < -0.39 is 16.1 Å². The number of carbonyl (C=O) groups excluding carboxylic acids is 1. The second kappa shape index (κ2) is 11.7. The van der Waals surface area contributed by atoms with E-state index in [1.54, 1.807) is 47.0 Å². The molecule has 1 N–H and O–H groups in total. The molecule has 44 heavy (non-hydrogen) atoms. The predicted molar refractivity (Wildman–Crippen MR) is 167 cm³/mol. The SMILES string of the molecule is COc1cc(CNS(C)(=O)=O)c(SC)cc1-n1nc(N2C[C@@H](CN(C)C)OC2=O)c2cnc(-c3cnn4cccnc34)cc21. The van der Waals surface area contributed by atoms with Crippen molar-refractivity contribution in [3.05, 3.63) is 54.6 Å². The number of likely N-dealkylation sites (N-methyl/N-ethyl adjacent to an activating group) is 1. The molecule has 1 aliphatic rings. The van der Waals surface area contributed by atoms with Crippen molar-refractivity contribution < 1.29 is 22.7 Å². The number of nitrogens with one attached hydrogen (secondary N) is 1. The minimum atomic E-state index is -3.41. The Morgan fingerprint density at radius 3 is 2.75 bits per heavy atom. The lowest BCUT2D eigenvalue weighted by molar-refractivity contribution is 0.123. The van der Waals surface area contributed by atoms with Crippen molar-refractivity contribution in [3.8, 4) is 22.7 Å². The fraction of sp³-hybridized carbons (Fsp3) is 0.321. The van der Waals surface area contributed by atoms with Gasteiger partial charge >= 0.3 is 6.09 Å². The lowest BCUT2D eigenvalue weighted by atomic mass is 10.1. The van der Waals surface area contributed by atoms with E-state index in [1.807, 2.05) is 43.6 Å². The molecule has 0 unspecified atom stereocenters. The summed E-state index contributed by atoms with van der Waals surface area (Å²) in [6.45, 7) is 0.991. The zero-order chi connectivity index (χ0) is 31.2. The molecular weight excluding hydrogens is 606 g/mol. The van der Waals surface area contributed by atoms with E-state index in [2.05, 4.69) is 14.8 Å². The summed E-state index contributed by atoms with van der Waals surface area (Å²) < 4.78 is 41.0. The van der Waals surface area contributed by atoms with Crippen LogP contribution in [0.5, 0.6) is 5.75 Å². The van der Waals surface area contributed by atoms with Crippen molar-refractivity contribution in [2.45, 2.75) is 17.5 Å². The number of ether oxygens (including phenoxy) is 2. The molecule has 4 aromatic heterocycles. The highest BCUT2D eigenvalue weighted by Gasteiger charge is 2.36. The Kier molecular flexibility index (Phi) is 7.91. The number of fused-ring (bicyclic) bond motifs is 2. The maximum absolute atomic E-state index is 13.1. The number of amides is 1. The highest BCUT2D eigenvalue weighted by atomic mass is 32.2. The van der Waals surface area contributed by atoms with Gasteiger partial charge < -0.3 is 14.4 Å². The zero-order valence-corrected chi connectivity index (χ0v) is 26.4. The summed E-state index contributed by atoms with van der Waals surface area (Å²) in [7, 11) is 1.97. The molecule has 1 atom stereocenters. The summed E-state index contributed by atoms with van der Waals surface area (Å²) in [4.78, 5) is 26.6. The number of hydrogen-bond donors (Lipinski definition) is 1. The molecule has 0 bridgehead atoms. The van der Waals surface area contributed by atoms with Crippen LogP contribution in [0.2, 0.25) is 0 Å². The van der Waals surface area contributed by atoms with Crippen LogP contribution in [0.1, 0.15) is 5.56 Å². The summed E-state index contributed by atoms with van der Waals surface area (Å²) in [6.07, 6.45) is 9.11. The molecule has 1 amide bonds. The Labute approximate surface area is 258 Å². The second-order valence-corrected chi connectivity index (χ2v) is 13.3. The Hall–Kier alpha value is -4.25. The standard InChI is InChI=1S/C28H31N9O5S2/c1-34(2)15-18-16-35(28(38)42-18)27-20-13-30-21(19-14-31-36-8-6-7-29-26(19)36)10-22(20)37(33-27)23-11-25(43-4)17(9-24(23)41-3)12-32-44(5,39)40/h6-11,13-14,18,32H,12,15-16H2,1-5H3/t18-/m1/s1. The van der Waals surface area contributed by atoms with Gasteiger partial charge in [0.25, 0.3) is 0 Å². The third-order valence-electron chi connectivity index (χ3n) is 7.13. The van der Waals surface area contributed by atoms with Crippen molar-refractivity contribution in [3.63, 3.8) is 0 Å². The number of pyridine rings is 1. The van der Waals surface area contributed by atoms with Gasteiger partial charge in [-0.25, -0.2) is 32.1 Å². The molecular formula is C28H31N9O5S2. The van der Waals surface area contributed by atoms with Crippen molar-refractivity contribution >= 4 is 50.2 Å². The number of benzene rings is 1. The molecule has 230 valence electrons. The van der Waals surface area contributed by atoms with Crippen molar-refractivity contribution in [1.82, 2.24) is 39.0 Å². The average Bonchev–Trinajstić information content (AvgIpc) is 3.69. The van der Waals surface area contributed by atoms with Gasteiger partial charge in [-0.3, -0.25) is 9.88 Å². The largest absolute Gasteiger partial charge is 0.494 e. The number of anilines is 1. The van der Waals surface area contributed by atoms with Gasteiger partial charge in [-0.2, -0.15) is 5.10 Å². The Balaban J connectivity index is 1.54. The predicted octanol–water partition coefficient (Wildman–Crippen LogP) is 2.80. The fourth-order valence-electron chi connectivity index (χ4n) is 5.19. The minimum absolute atomic E-state index is 0.0967. The van der Waals surface area contributed by atoms with Crippen LogP contribution in [0.4, 0.5) is 10.6 Å². The molecule has 0 radical (unpaired) electrons. The van der Waals surface area contributed by atoms with Crippen LogP contribution in [0, 0.1) is 0 Å². The lowest BCUT2D eigenvalue weighted by Crippen LogP contribution is -2.30. The summed E-state index contributed by atoms with van der Waals surface area (Å²) in [5.41, 5.74) is 4.00. The van der Waals surface area contributed by atoms with Gasteiger partial charge in [0.2, 0.25) is 10.0 Å². The topological polar surface area (TPSA) is 149 Å². The molecule has 6 rings (SSSR count). The molecule has 14 nitrogen and oxygen atoms in total. The zero-order valence-electron chi connectivity index (χ0n) is 24.8. The van der Waals surface area contributed by atoms with Crippen molar-refractivity contribution in [2.75, 3.05) is 51.7 Å². The summed E-state index contributed by atoms with van der Waals surface area (Å²) in [6, 6.07) is 7.37. The van der Waals surface area contributed by atoms with Crippen LogP contribution in [-0.4, -0.2) is 102 Å². The number of thioether (sulfide) groups is 1. The molecule has 0 saturated carbocycles. The number of aromatic nitrogens is 6. The van der Waals surface area contributed by atoms with Crippen molar-refractivity contribution in [2.24, 2.45) is 0 Å². The maximum Gasteiger partial charge on any atom is 0.416 e. The van der Waals surface area contributed by atoms with Crippen molar-refractivity contribution in [1.29, 1.82) is 0 Å². The monoisotopic (exact) mass is 637 g/mol. The van der Waals surface area contributed by atoms with E-state index in [1.165, 1.54) is 16.7 Å². The van der Waals surface area contributed by atoms with Crippen LogP contribution in [-0.2, 0) is 21.3 Å². The average molecular weight is 638 g/mol. The van der Waals surface area contributed by atoms with E-state index in [-0.39, 0.29) is 12.6 Å². The van der Waals surface area contributed by atoms with Crippen LogP contribution in [0.25, 0.3) is 33.5 Å². The number of nitrogens with zero attached hydrogens (tertiary/aromatic N) is 8. The number of sulfonamides is 1. The quantitative estimate of drug-likeness (QED) is 0.225. The van der Waals surface area contributed by atoms with Crippen LogP contribution < -0.4 is 14.4 Å². The van der Waals surface area contributed by atoms with Gasteiger partial charge in [-0.1, -0.05) is 0 Å². The van der Waals surface area contributed by atoms with E-state index >= 15 is 0 Å². The first-order valence-corrected chi connectivity index (χ1v) is 16.7. The summed E-state index contributed by atoms with van der Waals surface area (Å²) in [5.74, 6) is 0.869. The lowest BCUT2D eigenvalue weighted by Gasteiger charge is -2.16. The Bertz CT molecular complexity index is 1990. The van der Waals surface area contributed by atoms with E-state index in [4.69, 9.17) is 19.6 Å². The fourth-order valence-corrected chi connectivity index (χ4v) is 6.23. The van der Waals surface area contributed by atoms with Crippen LogP contribution in [0.15, 0.2) is 53.9 Å². The molecule has 1 saturated heterocycles. The summed E-state index contributed by atoms with van der Waals surface area (Å²) in [5, 5.41) is 9.98. The minimum Gasteiger partial charge on any atom is -0.494 e. The number of hydrogen-bond acceptors (Lipinski definition) is 11. The first kappa shape index (κ1) is 29.8. The number of carbonyl (C=O) groups is 1. The van der Waals surface area contributed by atoms with Gasteiger partial charge in [0.15, 0.2) is 11.5 Å². The van der Waals surface area contributed by atoms with Crippen LogP contribution >= 0.6 is 11.8 Å². The second-order valence-electron chi connectivity index (χ2n) is 10.6. The molecule has 1 aliphatic heterocycles. The highest BCUT2D eigenvalue weighted by Crippen LogP contribution is 2.38. The van der Waals surface area contributed by atoms with Gasteiger partial charge in [0.1, 0.15) is 17.5 Å². The summed E-state index contributed by atoms with van der Waals surface area (Å²) >= 11 is 1.47. The molecule has 5 aromatic rings.